The third-order valence-corrected chi connectivity index (χ3v) is 3.44. The molecule has 0 saturated carbocycles. The van der Waals surface area contributed by atoms with Gasteiger partial charge in [-0.1, -0.05) is 30.1 Å². The van der Waals surface area contributed by atoms with Crippen LogP contribution in [0.4, 0.5) is 5.82 Å². The molecule has 0 radical (unpaired) electrons. The van der Waals surface area contributed by atoms with Crippen molar-refractivity contribution in [3.63, 3.8) is 0 Å². The molecule has 1 aromatic carbocycles. The van der Waals surface area contributed by atoms with Crippen molar-refractivity contribution >= 4 is 41.2 Å². The zero-order valence-electron chi connectivity index (χ0n) is 12.8. The van der Waals surface area contributed by atoms with E-state index in [9.17, 15) is 4.79 Å². The number of carboxylic acids is 1. The predicted octanol–water partition coefficient (Wildman–Crippen LogP) is 4.32. The number of pyridine rings is 1. The fourth-order valence-electron chi connectivity index (χ4n) is 1.76. The van der Waals surface area contributed by atoms with E-state index >= 15 is 0 Å². The number of benzene rings is 1. The van der Waals surface area contributed by atoms with Crippen molar-refractivity contribution in [3.8, 4) is 5.75 Å². The fourth-order valence-corrected chi connectivity index (χ4v) is 2.37. The van der Waals surface area contributed by atoms with Crippen LogP contribution in [-0.4, -0.2) is 28.9 Å². The van der Waals surface area contributed by atoms with E-state index in [0.717, 1.165) is 6.42 Å². The van der Waals surface area contributed by atoms with E-state index in [4.69, 9.17) is 33.0 Å². The highest BCUT2D eigenvalue weighted by Gasteiger charge is 2.09. The summed E-state index contributed by atoms with van der Waals surface area (Å²) in [6.07, 6.45) is 3.62. The number of rotatable bonds is 7. The molecule has 0 amide bonds. The Morgan fingerprint density at radius 1 is 1.38 bits per heavy atom. The molecule has 0 aliphatic carbocycles. The number of halogens is 2. The zero-order chi connectivity index (χ0) is 17.5. The second-order valence-electron chi connectivity index (χ2n) is 4.77. The SMILES string of the molecule is CCCOc1c(Cl)cc(/C=N/Nc2ccc(C(=O)O)cn2)cc1Cl. The smallest absolute Gasteiger partial charge is 0.337 e. The van der Waals surface area contributed by atoms with E-state index in [1.165, 1.54) is 24.5 Å². The first kappa shape index (κ1) is 18.0. The van der Waals surface area contributed by atoms with Crippen LogP contribution in [0.3, 0.4) is 0 Å². The first-order valence-electron chi connectivity index (χ1n) is 7.11. The number of hydrogen-bond donors (Lipinski definition) is 2. The van der Waals surface area contributed by atoms with Gasteiger partial charge >= 0.3 is 5.97 Å². The summed E-state index contributed by atoms with van der Waals surface area (Å²) in [6.45, 7) is 2.53. The number of hydrogen-bond acceptors (Lipinski definition) is 5. The molecule has 0 saturated heterocycles. The van der Waals surface area contributed by atoms with Crippen molar-refractivity contribution in [2.75, 3.05) is 12.0 Å². The van der Waals surface area contributed by atoms with E-state index < -0.39 is 5.97 Å². The maximum Gasteiger partial charge on any atom is 0.337 e. The van der Waals surface area contributed by atoms with Gasteiger partial charge in [-0.3, -0.25) is 5.43 Å². The molecule has 0 fully saturated rings. The van der Waals surface area contributed by atoms with Crippen molar-refractivity contribution in [2.45, 2.75) is 13.3 Å². The Labute approximate surface area is 149 Å². The molecular formula is C16H15Cl2N3O3. The van der Waals surface area contributed by atoms with Gasteiger partial charge in [0.2, 0.25) is 0 Å². The molecule has 0 unspecified atom stereocenters. The normalized spacial score (nSPS) is 10.8. The van der Waals surface area contributed by atoms with Crippen LogP contribution in [0, 0.1) is 0 Å². The molecule has 126 valence electrons. The van der Waals surface area contributed by atoms with Crippen LogP contribution in [0.25, 0.3) is 0 Å². The molecule has 2 rings (SSSR count). The van der Waals surface area contributed by atoms with Crippen molar-refractivity contribution in [1.29, 1.82) is 0 Å². The van der Waals surface area contributed by atoms with Gasteiger partial charge in [0.15, 0.2) is 5.75 Å². The van der Waals surface area contributed by atoms with Gasteiger partial charge in [-0.05, 0) is 36.2 Å². The first-order valence-corrected chi connectivity index (χ1v) is 7.87. The standard InChI is InChI=1S/C16H15Cl2N3O3/c1-2-5-24-15-12(17)6-10(7-13(15)18)8-20-21-14-4-3-11(9-19-14)16(22)23/h3-4,6-9H,2,5H2,1H3,(H,19,21)(H,22,23)/b20-8+. The van der Waals surface area contributed by atoms with Crippen LogP contribution in [0.5, 0.6) is 5.75 Å². The molecule has 0 spiro atoms. The van der Waals surface area contributed by atoms with Crippen LogP contribution < -0.4 is 10.2 Å². The fraction of sp³-hybridized carbons (Fsp3) is 0.188. The van der Waals surface area contributed by atoms with Gasteiger partial charge in [-0.25, -0.2) is 9.78 Å². The van der Waals surface area contributed by atoms with Gasteiger partial charge in [0, 0.05) is 6.20 Å². The largest absolute Gasteiger partial charge is 0.490 e. The quantitative estimate of drug-likeness (QED) is 0.562. The van der Waals surface area contributed by atoms with Crippen LogP contribution >= 0.6 is 23.2 Å². The lowest BCUT2D eigenvalue weighted by Crippen LogP contribution is -1.99. The highest BCUT2D eigenvalue weighted by atomic mass is 35.5. The number of aromatic carboxylic acids is 1. The molecule has 0 aliphatic heterocycles. The number of aromatic nitrogens is 1. The average Bonchev–Trinajstić information content (AvgIpc) is 2.54. The Morgan fingerprint density at radius 2 is 2.08 bits per heavy atom. The van der Waals surface area contributed by atoms with Crippen LogP contribution in [0.1, 0.15) is 29.3 Å². The minimum atomic E-state index is -1.03. The van der Waals surface area contributed by atoms with Crippen molar-refractivity contribution in [3.05, 3.63) is 51.6 Å². The minimum Gasteiger partial charge on any atom is -0.490 e. The van der Waals surface area contributed by atoms with Gasteiger partial charge in [-0.15, -0.1) is 0 Å². The van der Waals surface area contributed by atoms with Gasteiger partial charge in [0.05, 0.1) is 28.4 Å². The second kappa shape index (κ2) is 8.52. The Balaban J connectivity index is 2.05. The maximum atomic E-state index is 10.7. The summed E-state index contributed by atoms with van der Waals surface area (Å²) < 4.78 is 5.49. The Morgan fingerprint density at radius 3 is 2.62 bits per heavy atom. The van der Waals surface area contributed by atoms with Gasteiger partial charge in [0.1, 0.15) is 5.82 Å². The summed E-state index contributed by atoms with van der Waals surface area (Å²) in [6, 6.07) is 6.32. The predicted molar refractivity (Wildman–Crippen MR) is 94.7 cm³/mol. The number of carboxylic acid groups (broad SMARTS) is 1. The number of anilines is 1. The molecule has 6 nitrogen and oxygen atoms in total. The molecule has 1 aromatic heterocycles. The summed E-state index contributed by atoms with van der Waals surface area (Å²) in [4.78, 5) is 14.7. The highest BCUT2D eigenvalue weighted by Crippen LogP contribution is 2.33. The van der Waals surface area contributed by atoms with Crippen molar-refractivity contribution in [1.82, 2.24) is 4.98 Å². The molecule has 0 bridgehead atoms. The summed E-state index contributed by atoms with van der Waals surface area (Å²) in [5.41, 5.74) is 3.48. The lowest BCUT2D eigenvalue weighted by Gasteiger charge is -2.09. The van der Waals surface area contributed by atoms with E-state index in [-0.39, 0.29) is 5.56 Å². The van der Waals surface area contributed by atoms with E-state index in [1.807, 2.05) is 6.92 Å². The zero-order valence-corrected chi connectivity index (χ0v) is 14.3. The summed E-state index contributed by atoms with van der Waals surface area (Å²) >= 11 is 12.3. The summed E-state index contributed by atoms with van der Waals surface area (Å²) in [5, 5.41) is 13.6. The molecular weight excluding hydrogens is 353 g/mol. The number of nitrogens with one attached hydrogen (secondary N) is 1. The summed E-state index contributed by atoms with van der Waals surface area (Å²) in [5.74, 6) is -0.167. The molecule has 1 heterocycles. The molecule has 2 aromatic rings. The third-order valence-electron chi connectivity index (χ3n) is 2.87. The molecule has 0 atom stereocenters. The lowest BCUT2D eigenvalue weighted by molar-refractivity contribution is 0.0696. The average molecular weight is 368 g/mol. The van der Waals surface area contributed by atoms with Crippen LogP contribution in [0.2, 0.25) is 10.0 Å². The molecule has 0 aliphatic rings. The van der Waals surface area contributed by atoms with Gasteiger partial charge in [0.25, 0.3) is 0 Å². The van der Waals surface area contributed by atoms with E-state index in [2.05, 4.69) is 15.5 Å². The number of nitrogens with zero attached hydrogens (tertiary/aromatic N) is 2. The van der Waals surface area contributed by atoms with Crippen molar-refractivity contribution in [2.24, 2.45) is 5.10 Å². The molecule has 2 N–H and O–H groups in total. The Bertz CT molecular complexity index is 726. The minimum absolute atomic E-state index is 0.103. The molecule has 8 heteroatoms. The number of hydrazone groups is 1. The topological polar surface area (TPSA) is 83.8 Å². The maximum absolute atomic E-state index is 10.7. The highest BCUT2D eigenvalue weighted by molar-refractivity contribution is 6.37. The Kier molecular flexibility index (Phi) is 6.40. The van der Waals surface area contributed by atoms with E-state index in [0.29, 0.717) is 33.8 Å². The first-order chi connectivity index (χ1) is 11.5. The number of ether oxygens (including phenoxy) is 1. The second-order valence-corrected chi connectivity index (χ2v) is 5.58. The third kappa shape index (κ3) is 4.84. The number of carbonyl (C=O) groups is 1. The van der Waals surface area contributed by atoms with Crippen LogP contribution in [0.15, 0.2) is 35.6 Å². The Hall–Kier alpha value is -2.31. The van der Waals surface area contributed by atoms with Gasteiger partial charge in [-0.2, -0.15) is 5.10 Å². The monoisotopic (exact) mass is 367 g/mol. The van der Waals surface area contributed by atoms with Crippen molar-refractivity contribution < 1.29 is 14.6 Å². The molecule has 24 heavy (non-hydrogen) atoms. The lowest BCUT2D eigenvalue weighted by atomic mass is 10.2. The van der Waals surface area contributed by atoms with Crippen LogP contribution in [-0.2, 0) is 0 Å². The van der Waals surface area contributed by atoms with E-state index in [1.54, 1.807) is 12.1 Å². The van der Waals surface area contributed by atoms with Gasteiger partial charge < -0.3 is 9.84 Å². The summed E-state index contributed by atoms with van der Waals surface area (Å²) in [7, 11) is 0.